The van der Waals surface area contributed by atoms with E-state index < -0.39 is 29.5 Å². The number of aromatic amines is 1. The van der Waals surface area contributed by atoms with Crippen molar-refractivity contribution in [3.8, 4) is 11.4 Å². The van der Waals surface area contributed by atoms with E-state index in [1.54, 1.807) is 24.3 Å². The van der Waals surface area contributed by atoms with Gasteiger partial charge in [-0.3, -0.25) is 14.4 Å². The summed E-state index contributed by atoms with van der Waals surface area (Å²) in [6.45, 7) is 0. The number of carbonyl (C=O) groups is 3. The second-order valence-electron chi connectivity index (χ2n) is 10.0. The molecule has 0 unspecified atom stereocenters. The maximum atomic E-state index is 13.5. The number of nitrogens with zero attached hydrogens (tertiary/aromatic N) is 2. The lowest BCUT2D eigenvalue weighted by Crippen LogP contribution is -2.40. The van der Waals surface area contributed by atoms with Crippen LogP contribution in [0.3, 0.4) is 0 Å². The molecule has 0 bridgehead atoms. The van der Waals surface area contributed by atoms with E-state index in [0.717, 1.165) is 39.7 Å². The summed E-state index contributed by atoms with van der Waals surface area (Å²) in [6.07, 6.45) is -4.65. The Labute approximate surface area is 241 Å². The number of imide groups is 1. The Morgan fingerprint density at radius 3 is 2.26 bits per heavy atom. The first-order valence-electron chi connectivity index (χ1n) is 13.2. The number of anilines is 2. The molecule has 7 rings (SSSR count). The van der Waals surface area contributed by atoms with Crippen LogP contribution in [0.5, 0.6) is 0 Å². The van der Waals surface area contributed by atoms with Crippen LogP contribution >= 0.6 is 0 Å². The number of alkyl halides is 3. The highest BCUT2D eigenvalue weighted by molar-refractivity contribution is 6.37. The molecule has 5 aromatic carbocycles. The van der Waals surface area contributed by atoms with Crippen molar-refractivity contribution >= 4 is 50.9 Å². The highest BCUT2D eigenvalue weighted by atomic mass is 19.4. The second-order valence-corrected chi connectivity index (χ2v) is 10.0. The largest absolute Gasteiger partial charge is 0.416 e. The quantitative estimate of drug-likeness (QED) is 0.213. The zero-order chi connectivity index (χ0) is 29.9. The molecule has 0 radical (unpaired) electrons. The van der Waals surface area contributed by atoms with Crippen molar-refractivity contribution in [3.63, 3.8) is 0 Å². The Morgan fingerprint density at radius 2 is 1.51 bits per heavy atom. The Balaban J connectivity index is 1.19. The monoisotopic (exact) mass is 576 g/mol. The van der Waals surface area contributed by atoms with Crippen LogP contribution in [0.4, 0.5) is 24.5 Å². The number of imidazole rings is 1. The SMILES string of the molecule is O=C(Nc1ccc(-c2nc3ccccc3[nH]2)cc1)c1ccc2c3c(cccc13)C(=O)N(c1cccc(C(F)(F)F)c1)C2=O. The lowest BCUT2D eigenvalue weighted by Gasteiger charge is -2.28. The number of hydrogen-bond acceptors (Lipinski definition) is 4. The second kappa shape index (κ2) is 9.66. The molecule has 10 heteroatoms. The Hall–Kier alpha value is -5.77. The third kappa shape index (κ3) is 4.40. The standard InChI is InChI=1S/C33H19F3N4O3/c34-33(35,36)19-5-3-6-21(17-19)40-31(42)24-8-4-7-22-23(15-16-25(28(22)24)32(40)43)30(41)37-20-13-11-18(12-14-20)29-38-26-9-1-2-10-27(26)39-29/h1-17H,(H,37,41)(H,38,39). The van der Waals surface area contributed by atoms with Gasteiger partial charge in [0.05, 0.1) is 22.3 Å². The van der Waals surface area contributed by atoms with Crippen LogP contribution < -0.4 is 10.2 Å². The van der Waals surface area contributed by atoms with Gasteiger partial charge in [0.15, 0.2) is 0 Å². The van der Waals surface area contributed by atoms with E-state index in [0.29, 0.717) is 16.9 Å². The van der Waals surface area contributed by atoms with Gasteiger partial charge in [0.2, 0.25) is 0 Å². The van der Waals surface area contributed by atoms with Gasteiger partial charge in [-0.15, -0.1) is 0 Å². The maximum Gasteiger partial charge on any atom is 0.416 e. The topological polar surface area (TPSA) is 95.2 Å². The zero-order valence-corrected chi connectivity index (χ0v) is 22.1. The molecule has 6 aromatic rings. The fourth-order valence-electron chi connectivity index (χ4n) is 5.35. The molecule has 0 spiro atoms. The maximum absolute atomic E-state index is 13.5. The first kappa shape index (κ1) is 26.1. The third-order valence-corrected chi connectivity index (χ3v) is 7.39. The minimum Gasteiger partial charge on any atom is -0.338 e. The highest BCUT2D eigenvalue weighted by Gasteiger charge is 2.37. The van der Waals surface area contributed by atoms with Crippen LogP contribution in [0, 0.1) is 0 Å². The Morgan fingerprint density at radius 1 is 0.791 bits per heavy atom. The summed E-state index contributed by atoms with van der Waals surface area (Å²) in [4.78, 5) is 48.9. The Kier molecular flexibility index (Phi) is 5.87. The van der Waals surface area contributed by atoms with E-state index >= 15 is 0 Å². The number of para-hydroxylation sites is 2. The summed E-state index contributed by atoms with van der Waals surface area (Å²) in [6, 6.07) is 26.4. The third-order valence-electron chi connectivity index (χ3n) is 7.39. The van der Waals surface area contributed by atoms with Crippen LogP contribution in [0.25, 0.3) is 33.2 Å². The van der Waals surface area contributed by atoms with Crippen LogP contribution in [-0.2, 0) is 6.18 Å². The normalized spacial score (nSPS) is 13.1. The van der Waals surface area contributed by atoms with Gasteiger partial charge in [0.1, 0.15) is 5.82 Å². The number of hydrogen-bond donors (Lipinski definition) is 2. The van der Waals surface area contributed by atoms with Crippen molar-refractivity contribution in [2.45, 2.75) is 6.18 Å². The molecule has 3 amide bonds. The molecule has 0 aliphatic carbocycles. The number of H-pyrrole nitrogens is 1. The number of nitrogens with one attached hydrogen (secondary N) is 2. The number of aromatic nitrogens is 2. The van der Waals surface area contributed by atoms with Crippen molar-refractivity contribution in [1.82, 2.24) is 9.97 Å². The van der Waals surface area contributed by atoms with E-state index in [4.69, 9.17) is 0 Å². The van der Waals surface area contributed by atoms with E-state index in [-0.39, 0.29) is 27.8 Å². The van der Waals surface area contributed by atoms with Gasteiger partial charge >= 0.3 is 6.18 Å². The van der Waals surface area contributed by atoms with Crippen LogP contribution in [0.2, 0.25) is 0 Å². The van der Waals surface area contributed by atoms with E-state index in [1.807, 2.05) is 36.4 Å². The molecular formula is C33H19F3N4O3. The highest BCUT2D eigenvalue weighted by Crippen LogP contribution is 2.37. The van der Waals surface area contributed by atoms with Crippen LogP contribution in [0.1, 0.15) is 36.6 Å². The molecule has 0 atom stereocenters. The van der Waals surface area contributed by atoms with E-state index in [9.17, 15) is 27.6 Å². The molecule has 1 aliphatic heterocycles. The molecule has 43 heavy (non-hydrogen) atoms. The molecule has 1 aliphatic rings. The van der Waals surface area contributed by atoms with Gasteiger partial charge in [0.25, 0.3) is 17.7 Å². The van der Waals surface area contributed by atoms with Gasteiger partial charge < -0.3 is 10.3 Å². The van der Waals surface area contributed by atoms with Crippen LogP contribution in [-0.4, -0.2) is 27.7 Å². The number of carbonyl (C=O) groups excluding carboxylic acids is 3. The van der Waals surface area contributed by atoms with E-state index in [2.05, 4.69) is 15.3 Å². The molecule has 7 nitrogen and oxygen atoms in total. The van der Waals surface area contributed by atoms with Crippen molar-refractivity contribution in [2.24, 2.45) is 0 Å². The molecule has 2 heterocycles. The number of fused-ring (bicyclic) bond motifs is 1. The minimum atomic E-state index is -4.65. The molecule has 0 saturated carbocycles. The smallest absolute Gasteiger partial charge is 0.338 e. The molecule has 2 N–H and O–H groups in total. The average Bonchev–Trinajstić information content (AvgIpc) is 3.44. The predicted molar refractivity (Wildman–Crippen MR) is 156 cm³/mol. The van der Waals surface area contributed by atoms with Crippen molar-refractivity contribution in [1.29, 1.82) is 0 Å². The van der Waals surface area contributed by atoms with Crippen molar-refractivity contribution < 1.29 is 27.6 Å². The fraction of sp³-hybridized carbons (Fsp3) is 0.0303. The average molecular weight is 577 g/mol. The number of halogens is 3. The first-order chi connectivity index (χ1) is 20.7. The number of benzene rings is 5. The summed E-state index contributed by atoms with van der Waals surface area (Å²) < 4.78 is 40.0. The van der Waals surface area contributed by atoms with Gasteiger partial charge in [-0.2, -0.15) is 13.2 Å². The summed E-state index contributed by atoms with van der Waals surface area (Å²) in [5.41, 5.74) is 2.37. The van der Waals surface area contributed by atoms with Gasteiger partial charge in [-0.1, -0.05) is 30.3 Å². The van der Waals surface area contributed by atoms with Gasteiger partial charge in [0, 0.05) is 33.3 Å². The predicted octanol–water partition coefficient (Wildman–Crippen LogP) is 7.45. The molecular weight excluding hydrogens is 557 g/mol. The first-order valence-corrected chi connectivity index (χ1v) is 13.2. The summed E-state index contributed by atoms with van der Waals surface area (Å²) >= 11 is 0. The van der Waals surface area contributed by atoms with E-state index in [1.165, 1.54) is 24.3 Å². The molecule has 210 valence electrons. The molecule has 0 fully saturated rings. The van der Waals surface area contributed by atoms with Crippen molar-refractivity contribution in [2.75, 3.05) is 10.2 Å². The molecule has 0 saturated heterocycles. The lowest BCUT2D eigenvalue weighted by atomic mass is 9.90. The number of rotatable bonds is 4. The summed E-state index contributed by atoms with van der Waals surface area (Å²) in [7, 11) is 0. The Bertz CT molecular complexity index is 2060. The fourth-order valence-corrected chi connectivity index (χ4v) is 5.35. The van der Waals surface area contributed by atoms with Crippen molar-refractivity contribution in [3.05, 3.63) is 125 Å². The lowest BCUT2D eigenvalue weighted by molar-refractivity contribution is -0.137. The van der Waals surface area contributed by atoms with Gasteiger partial charge in [-0.25, -0.2) is 9.88 Å². The van der Waals surface area contributed by atoms with Crippen LogP contribution in [0.15, 0.2) is 103 Å². The number of amides is 3. The summed E-state index contributed by atoms with van der Waals surface area (Å²) in [5.74, 6) is -1.32. The van der Waals surface area contributed by atoms with Gasteiger partial charge in [-0.05, 0) is 78.2 Å². The summed E-state index contributed by atoms with van der Waals surface area (Å²) in [5, 5.41) is 3.50. The zero-order valence-electron chi connectivity index (χ0n) is 22.1. The molecule has 1 aromatic heterocycles. The minimum absolute atomic E-state index is 0.106.